The van der Waals surface area contributed by atoms with Gasteiger partial charge >= 0.3 is 6.61 Å². The molecule has 1 aromatic heterocycles. The summed E-state index contributed by atoms with van der Waals surface area (Å²) < 4.78 is 50.8. The third kappa shape index (κ3) is 6.47. The Morgan fingerprint density at radius 3 is 2.45 bits per heavy atom. The number of nitrogens with zero attached hydrogens (tertiary/aromatic N) is 3. The van der Waals surface area contributed by atoms with E-state index >= 15 is 0 Å². The lowest BCUT2D eigenvalue weighted by Crippen LogP contribution is -2.26. The van der Waals surface area contributed by atoms with E-state index in [9.17, 15) is 22.0 Å². The number of rotatable bonds is 9. The molecule has 172 valence electrons. The van der Waals surface area contributed by atoms with Crippen molar-refractivity contribution in [2.45, 2.75) is 20.1 Å². The van der Waals surface area contributed by atoms with Crippen LogP contribution in [0.1, 0.15) is 26.5 Å². The molecule has 3 aromatic rings. The predicted molar refractivity (Wildman–Crippen MR) is 120 cm³/mol. The van der Waals surface area contributed by atoms with E-state index in [4.69, 9.17) is 5.26 Å². The summed E-state index contributed by atoms with van der Waals surface area (Å²) >= 11 is 1.23. The molecule has 0 spiro atoms. The summed E-state index contributed by atoms with van der Waals surface area (Å²) in [6, 6.07) is 14.9. The van der Waals surface area contributed by atoms with Gasteiger partial charge in [-0.2, -0.15) is 14.0 Å². The highest BCUT2D eigenvalue weighted by Gasteiger charge is 2.21. The number of thiazole rings is 1. The Bertz CT molecular complexity index is 1230. The SMILES string of the molecule is Cc1sc(N(Cc2ccc(OC(F)F)cc2)c2ccc(C#N)cc2)nc1C(=O)NC[SH](=O)=O. The summed E-state index contributed by atoms with van der Waals surface area (Å²) in [6.07, 6.45) is 0. The number of carbonyl (C=O) groups excluding carboxylic acids is 1. The molecule has 0 aliphatic heterocycles. The first-order valence-electron chi connectivity index (χ1n) is 9.45. The molecule has 8 nitrogen and oxygen atoms in total. The van der Waals surface area contributed by atoms with Crippen molar-refractivity contribution in [3.8, 4) is 11.8 Å². The fraction of sp³-hybridized carbons (Fsp3) is 0.190. The van der Waals surface area contributed by atoms with Gasteiger partial charge in [-0.1, -0.05) is 12.1 Å². The molecule has 2 aromatic carbocycles. The maximum absolute atomic E-state index is 12.4. The normalized spacial score (nSPS) is 10.8. The van der Waals surface area contributed by atoms with Gasteiger partial charge in [-0.05, 0) is 48.9 Å². The molecule has 12 heteroatoms. The van der Waals surface area contributed by atoms with E-state index < -0.39 is 29.1 Å². The van der Waals surface area contributed by atoms with Gasteiger partial charge in [0.2, 0.25) is 0 Å². The number of alkyl halides is 2. The van der Waals surface area contributed by atoms with Crippen LogP contribution in [0.25, 0.3) is 0 Å². The molecule has 0 atom stereocenters. The summed E-state index contributed by atoms with van der Waals surface area (Å²) in [5, 5.41) is 11.8. The van der Waals surface area contributed by atoms with Gasteiger partial charge in [-0.15, -0.1) is 11.3 Å². The summed E-state index contributed by atoms with van der Waals surface area (Å²) in [5.74, 6) is -1.07. The van der Waals surface area contributed by atoms with Gasteiger partial charge in [-0.25, -0.2) is 13.4 Å². The summed E-state index contributed by atoms with van der Waals surface area (Å²) in [5.41, 5.74) is 2.01. The largest absolute Gasteiger partial charge is 0.435 e. The summed E-state index contributed by atoms with van der Waals surface area (Å²) in [7, 11) is -2.77. The van der Waals surface area contributed by atoms with E-state index in [2.05, 4.69) is 15.0 Å². The molecule has 1 heterocycles. The molecule has 1 N–H and O–H groups in total. The van der Waals surface area contributed by atoms with Crippen molar-refractivity contribution in [2.24, 2.45) is 0 Å². The minimum Gasteiger partial charge on any atom is -0.435 e. The topological polar surface area (TPSA) is 112 Å². The second kappa shape index (κ2) is 10.8. The molecule has 0 saturated heterocycles. The van der Waals surface area contributed by atoms with Gasteiger partial charge in [-0.3, -0.25) is 4.79 Å². The van der Waals surface area contributed by atoms with Crippen molar-refractivity contribution in [3.05, 3.63) is 70.2 Å². The Labute approximate surface area is 194 Å². The van der Waals surface area contributed by atoms with E-state index in [1.807, 2.05) is 6.07 Å². The quantitative estimate of drug-likeness (QED) is 0.439. The average Bonchev–Trinajstić information content (AvgIpc) is 3.18. The lowest BCUT2D eigenvalue weighted by Gasteiger charge is -2.22. The number of nitrogens with one attached hydrogen (secondary N) is 1. The number of amides is 1. The van der Waals surface area contributed by atoms with Gasteiger partial charge in [0, 0.05) is 10.6 Å². The highest BCUT2D eigenvalue weighted by atomic mass is 32.2. The number of hydrogen-bond donors (Lipinski definition) is 2. The minimum atomic E-state index is -2.92. The van der Waals surface area contributed by atoms with Crippen molar-refractivity contribution in [2.75, 3.05) is 10.8 Å². The van der Waals surface area contributed by atoms with Crippen LogP contribution in [-0.2, 0) is 17.2 Å². The Kier molecular flexibility index (Phi) is 7.92. The number of benzene rings is 2. The maximum atomic E-state index is 12.4. The van der Waals surface area contributed by atoms with Gasteiger partial charge in [0.15, 0.2) is 15.8 Å². The van der Waals surface area contributed by atoms with E-state index in [1.165, 1.54) is 23.5 Å². The van der Waals surface area contributed by atoms with E-state index in [-0.39, 0.29) is 18.0 Å². The zero-order valence-electron chi connectivity index (χ0n) is 17.2. The number of carbonyl (C=O) groups is 1. The van der Waals surface area contributed by atoms with Crippen LogP contribution >= 0.6 is 11.3 Å². The highest BCUT2D eigenvalue weighted by Crippen LogP contribution is 2.33. The average molecular weight is 493 g/mol. The smallest absolute Gasteiger partial charge is 0.387 e. The molecule has 0 fully saturated rings. The maximum Gasteiger partial charge on any atom is 0.387 e. The lowest BCUT2D eigenvalue weighted by atomic mass is 10.1. The fourth-order valence-corrected chi connectivity index (χ4v) is 4.07. The van der Waals surface area contributed by atoms with Crippen LogP contribution in [0.2, 0.25) is 0 Å². The van der Waals surface area contributed by atoms with Crippen LogP contribution < -0.4 is 15.0 Å². The van der Waals surface area contributed by atoms with Crippen molar-refractivity contribution in [1.82, 2.24) is 10.3 Å². The number of aryl methyl sites for hydroxylation is 1. The zero-order valence-corrected chi connectivity index (χ0v) is 18.9. The van der Waals surface area contributed by atoms with Gasteiger partial charge < -0.3 is 15.0 Å². The molecule has 3 rings (SSSR count). The molecular formula is C21H18F2N4O4S2. The third-order valence-electron chi connectivity index (χ3n) is 4.40. The Morgan fingerprint density at radius 2 is 1.88 bits per heavy atom. The van der Waals surface area contributed by atoms with Crippen molar-refractivity contribution >= 4 is 38.8 Å². The first kappa shape index (κ1) is 24.1. The molecule has 0 saturated carbocycles. The zero-order chi connectivity index (χ0) is 24.0. The number of thiol groups is 1. The molecule has 1 amide bonds. The van der Waals surface area contributed by atoms with Gasteiger partial charge in [0.05, 0.1) is 18.2 Å². The molecule has 0 aliphatic rings. The molecule has 0 radical (unpaired) electrons. The van der Waals surface area contributed by atoms with Crippen molar-refractivity contribution in [3.63, 3.8) is 0 Å². The minimum absolute atomic E-state index is 0.0273. The second-order valence-electron chi connectivity index (χ2n) is 6.67. The van der Waals surface area contributed by atoms with Crippen molar-refractivity contribution in [1.29, 1.82) is 5.26 Å². The van der Waals surface area contributed by atoms with Crippen LogP contribution in [0.15, 0.2) is 48.5 Å². The van der Waals surface area contributed by atoms with E-state index in [0.29, 0.717) is 21.3 Å². The van der Waals surface area contributed by atoms with Gasteiger partial charge in [0.1, 0.15) is 17.3 Å². The van der Waals surface area contributed by atoms with Crippen LogP contribution in [0.3, 0.4) is 0 Å². The molecular weight excluding hydrogens is 474 g/mol. The van der Waals surface area contributed by atoms with Gasteiger partial charge in [0.25, 0.3) is 5.91 Å². The first-order chi connectivity index (χ1) is 15.8. The summed E-state index contributed by atoms with van der Waals surface area (Å²) in [6.45, 7) is -0.948. The number of anilines is 2. The van der Waals surface area contributed by atoms with Crippen LogP contribution in [-0.4, -0.2) is 31.8 Å². The van der Waals surface area contributed by atoms with E-state index in [0.717, 1.165) is 5.56 Å². The molecule has 0 unspecified atom stereocenters. The number of hydrogen-bond acceptors (Lipinski definition) is 8. The molecule has 0 bridgehead atoms. The predicted octanol–water partition coefficient (Wildman–Crippen LogP) is 3.56. The number of halogens is 2. The Hall–Kier alpha value is -3.56. The molecule has 33 heavy (non-hydrogen) atoms. The van der Waals surface area contributed by atoms with Crippen LogP contribution in [0.4, 0.5) is 19.6 Å². The van der Waals surface area contributed by atoms with E-state index in [1.54, 1.807) is 48.2 Å². The van der Waals surface area contributed by atoms with Crippen LogP contribution in [0.5, 0.6) is 5.75 Å². The lowest BCUT2D eigenvalue weighted by molar-refractivity contribution is -0.0498. The van der Waals surface area contributed by atoms with Crippen LogP contribution in [0, 0.1) is 18.3 Å². The number of aromatic nitrogens is 1. The standard InChI is InChI=1S/C21H18F2N4O4S2/c1-13-18(19(28)25-12-33(29)30)26-21(32-13)27(16-6-2-14(10-24)3-7-16)11-15-4-8-17(9-5-15)31-20(22)23/h2-9,20,33H,11-12H2,1H3,(H,25,28). The number of nitriles is 1. The van der Waals surface area contributed by atoms with Crippen molar-refractivity contribution < 1.29 is 26.7 Å². The Balaban J connectivity index is 1.93. The summed E-state index contributed by atoms with van der Waals surface area (Å²) in [4.78, 5) is 19.1. The fourth-order valence-electron chi connectivity index (χ4n) is 2.87. The highest BCUT2D eigenvalue weighted by molar-refractivity contribution is 7.72. The number of ether oxygens (including phenoxy) is 1. The third-order valence-corrected chi connectivity index (χ3v) is 5.81. The monoisotopic (exact) mass is 492 g/mol. The first-order valence-corrected chi connectivity index (χ1v) is 11.6. The Morgan fingerprint density at radius 1 is 1.21 bits per heavy atom. The molecule has 0 aliphatic carbocycles. The second-order valence-corrected chi connectivity index (χ2v) is 8.83.